The number of hydrogen-bond acceptors (Lipinski definition) is 6. The number of carbonyl (C=O) groups is 1. The Morgan fingerprint density at radius 1 is 1.42 bits per heavy atom. The first-order chi connectivity index (χ1) is 8.88. The number of rotatable bonds is 4. The number of aryl methyl sites for hydroxylation is 1. The van der Waals surface area contributed by atoms with Crippen LogP contribution < -0.4 is 0 Å². The van der Waals surface area contributed by atoms with E-state index >= 15 is 0 Å². The molecule has 1 rings (SSSR count). The van der Waals surface area contributed by atoms with E-state index in [9.17, 15) is 14.9 Å². The Bertz CT molecular complexity index is 416. The molecule has 7 heteroatoms. The molecule has 0 saturated carbocycles. The Balaban J connectivity index is 0.000000711. The van der Waals surface area contributed by atoms with E-state index in [4.69, 9.17) is 10.2 Å². The highest BCUT2D eigenvalue weighted by molar-refractivity contribution is 5.69. The molecule has 0 aromatic heterocycles. The molecule has 7 nitrogen and oxygen atoms in total. The number of methoxy groups -OCH3 is 1. The number of carbonyl (C=O) groups excluding carboxylic acids is 1. The number of para-hydroxylation sites is 1. The van der Waals surface area contributed by atoms with E-state index in [0.717, 1.165) is 0 Å². The van der Waals surface area contributed by atoms with Gasteiger partial charge < -0.3 is 14.9 Å². The maximum Gasteiger partial charge on any atom is 0.305 e. The van der Waals surface area contributed by atoms with Crippen LogP contribution in [0.4, 0.5) is 5.69 Å². The van der Waals surface area contributed by atoms with Crippen LogP contribution in [-0.4, -0.2) is 34.5 Å². The summed E-state index contributed by atoms with van der Waals surface area (Å²) < 4.78 is 4.46. The molecule has 0 atom stereocenters. The lowest BCUT2D eigenvalue weighted by Crippen LogP contribution is -2.03. The minimum Gasteiger partial charge on any atom is -0.469 e. The molecule has 0 saturated heterocycles. The van der Waals surface area contributed by atoms with Gasteiger partial charge in [-0.1, -0.05) is 18.2 Å². The molecular formula is C12H17NO6. The van der Waals surface area contributed by atoms with E-state index in [1.54, 1.807) is 18.2 Å². The number of aliphatic hydroxyl groups excluding tert-OH is 1. The quantitative estimate of drug-likeness (QED) is 0.366. The van der Waals surface area contributed by atoms with Crippen molar-refractivity contribution in [3.8, 4) is 0 Å². The van der Waals surface area contributed by atoms with Gasteiger partial charge in [-0.25, -0.2) is 0 Å². The average Bonchev–Trinajstić information content (AvgIpc) is 2.35. The van der Waals surface area contributed by atoms with Gasteiger partial charge in [0.25, 0.3) is 5.69 Å². The first-order valence-corrected chi connectivity index (χ1v) is 5.53. The summed E-state index contributed by atoms with van der Waals surface area (Å²) in [5.41, 5.74) is 0.592. The summed E-state index contributed by atoms with van der Waals surface area (Å²) in [4.78, 5) is 21.0. The van der Waals surface area contributed by atoms with Crippen molar-refractivity contribution in [2.45, 2.75) is 26.1 Å². The van der Waals surface area contributed by atoms with Crippen LogP contribution in [0.1, 0.15) is 18.9 Å². The Morgan fingerprint density at radius 3 is 2.42 bits per heavy atom. The highest BCUT2D eigenvalue weighted by atomic mass is 16.6. The van der Waals surface area contributed by atoms with Crippen LogP contribution in [0.3, 0.4) is 0 Å². The van der Waals surface area contributed by atoms with Crippen LogP contribution in [0.15, 0.2) is 24.3 Å². The van der Waals surface area contributed by atoms with E-state index in [1.807, 2.05) is 0 Å². The van der Waals surface area contributed by atoms with Crippen LogP contribution >= 0.6 is 0 Å². The molecule has 0 bridgehead atoms. The van der Waals surface area contributed by atoms with Crippen molar-refractivity contribution in [3.63, 3.8) is 0 Å². The van der Waals surface area contributed by atoms with E-state index in [-0.39, 0.29) is 18.1 Å². The molecule has 0 amide bonds. The summed E-state index contributed by atoms with van der Waals surface area (Å²) in [5, 5.41) is 25.8. The number of aliphatic hydroxyl groups is 2. The van der Waals surface area contributed by atoms with Crippen LogP contribution in [0.25, 0.3) is 0 Å². The minimum atomic E-state index is -1.17. The summed E-state index contributed by atoms with van der Waals surface area (Å²) in [7, 11) is 1.29. The molecule has 0 unspecified atom stereocenters. The molecule has 0 radical (unpaired) electrons. The summed E-state index contributed by atoms with van der Waals surface area (Å²) >= 11 is 0. The summed E-state index contributed by atoms with van der Waals surface area (Å²) in [6.45, 7) is 1.28. The lowest BCUT2D eigenvalue weighted by Gasteiger charge is -2.01. The number of nitrogens with zero attached hydrogens (tertiary/aromatic N) is 1. The zero-order valence-electron chi connectivity index (χ0n) is 10.8. The van der Waals surface area contributed by atoms with Crippen LogP contribution in [0, 0.1) is 10.1 Å². The third-order valence-corrected chi connectivity index (χ3v) is 2.01. The molecule has 19 heavy (non-hydrogen) atoms. The van der Waals surface area contributed by atoms with Gasteiger partial charge in [0.15, 0.2) is 0 Å². The Hall–Kier alpha value is -1.99. The van der Waals surface area contributed by atoms with E-state index in [2.05, 4.69) is 4.74 Å². The van der Waals surface area contributed by atoms with Gasteiger partial charge in [-0.2, -0.15) is 0 Å². The van der Waals surface area contributed by atoms with Gasteiger partial charge in [-0.3, -0.25) is 14.9 Å². The molecule has 0 aliphatic rings. The fraction of sp³-hybridized carbons (Fsp3) is 0.417. The standard InChI is InChI=1S/C10H11NO4.C2H6O2/c1-15-10(12)7-6-8-4-2-3-5-9(8)11(13)14;1-2(3)4/h2-5H,6-7H2,1H3;2-4H,1H3. The molecular weight excluding hydrogens is 254 g/mol. The SMILES string of the molecule is CC(O)O.COC(=O)CCc1ccccc1[N+](=O)[O-]. The molecule has 0 heterocycles. The monoisotopic (exact) mass is 271 g/mol. The second-order valence-electron chi connectivity index (χ2n) is 3.59. The topological polar surface area (TPSA) is 110 Å². The van der Waals surface area contributed by atoms with Gasteiger partial charge in [-0.05, 0) is 13.3 Å². The average molecular weight is 271 g/mol. The van der Waals surface area contributed by atoms with Crippen molar-refractivity contribution in [2.24, 2.45) is 0 Å². The fourth-order valence-electron chi connectivity index (χ4n) is 1.24. The highest BCUT2D eigenvalue weighted by Crippen LogP contribution is 2.19. The van der Waals surface area contributed by atoms with Crippen molar-refractivity contribution in [1.82, 2.24) is 0 Å². The zero-order chi connectivity index (χ0) is 14.8. The largest absolute Gasteiger partial charge is 0.469 e. The molecule has 1 aromatic rings. The maximum absolute atomic E-state index is 10.9. The Kier molecular flexibility index (Phi) is 8.07. The molecule has 0 spiro atoms. The lowest BCUT2D eigenvalue weighted by molar-refractivity contribution is -0.385. The molecule has 0 fully saturated rings. The fourth-order valence-corrected chi connectivity index (χ4v) is 1.24. The van der Waals surface area contributed by atoms with Crippen molar-refractivity contribution in [3.05, 3.63) is 39.9 Å². The summed E-state index contributed by atoms with van der Waals surface area (Å²) in [5.74, 6) is -0.367. The second kappa shape index (κ2) is 9.01. The first-order valence-electron chi connectivity index (χ1n) is 5.53. The van der Waals surface area contributed by atoms with Gasteiger partial charge in [0.2, 0.25) is 0 Å². The van der Waals surface area contributed by atoms with Crippen molar-refractivity contribution in [2.75, 3.05) is 7.11 Å². The van der Waals surface area contributed by atoms with Crippen molar-refractivity contribution >= 4 is 11.7 Å². The molecule has 0 aliphatic carbocycles. The minimum absolute atomic E-state index is 0.0430. The van der Waals surface area contributed by atoms with Crippen molar-refractivity contribution < 1.29 is 24.7 Å². The van der Waals surface area contributed by atoms with Gasteiger partial charge in [0.05, 0.1) is 12.0 Å². The van der Waals surface area contributed by atoms with Crippen LogP contribution in [0.5, 0.6) is 0 Å². The number of ether oxygens (including phenoxy) is 1. The predicted molar refractivity (Wildman–Crippen MR) is 67.3 cm³/mol. The Morgan fingerprint density at radius 2 is 1.95 bits per heavy atom. The van der Waals surface area contributed by atoms with Crippen molar-refractivity contribution in [1.29, 1.82) is 0 Å². The molecule has 2 N–H and O–H groups in total. The normalized spacial score (nSPS) is 9.53. The number of esters is 1. The predicted octanol–water partition coefficient (Wildman–Crippen LogP) is 1.02. The summed E-state index contributed by atoms with van der Waals surface area (Å²) in [6, 6.07) is 6.37. The van der Waals surface area contributed by atoms with Gasteiger partial charge in [-0.15, -0.1) is 0 Å². The third kappa shape index (κ3) is 7.85. The van der Waals surface area contributed by atoms with Crippen LogP contribution in [-0.2, 0) is 16.0 Å². The maximum atomic E-state index is 10.9. The summed E-state index contributed by atoms with van der Waals surface area (Å²) in [6.07, 6.45) is -0.689. The van der Waals surface area contributed by atoms with Crippen LogP contribution in [0.2, 0.25) is 0 Å². The smallest absolute Gasteiger partial charge is 0.305 e. The van der Waals surface area contributed by atoms with E-state index in [0.29, 0.717) is 12.0 Å². The third-order valence-electron chi connectivity index (χ3n) is 2.01. The lowest BCUT2D eigenvalue weighted by atomic mass is 10.1. The van der Waals surface area contributed by atoms with E-state index < -0.39 is 11.2 Å². The number of hydrogen-bond donors (Lipinski definition) is 2. The molecule has 0 aliphatic heterocycles. The van der Waals surface area contributed by atoms with Gasteiger partial charge in [0.1, 0.15) is 6.29 Å². The molecule has 106 valence electrons. The zero-order valence-corrected chi connectivity index (χ0v) is 10.8. The number of benzene rings is 1. The Labute approximate surface area is 110 Å². The first kappa shape index (κ1) is 17.0. The molecule has 1 aromatic carbocycles. The number of nitro groups is 1. The highest BCUT2D eigenvalue weighted by Gasteiger charge is 2.13. The van der Waals surface area contributed by atoms with Gasteiger partial charge >= 0.3 is 5.97 Å². The van der Waals surface area contributed by atoms with E-state index in [1.165, 1.54) is 20.1 Å². The second-order valence-corrected chi connectivity index (χ2v) is 3.59. The number of nitro benzene ring substituents is 1. The van der Waals surface area contributed by atoms with Gasteiger partial charge in [0, 0.05) is 18.1 Å².